The zero-order chi connectivity index (χ0) is 13.5. The molecule has 0 unspecified atom stereocenters. The normalized spacial score (nSPS) is 13.7. The maximum atomic E-state index is 2.42. The SMILES string of the molecule is Cc1ccc2c(c1)c1c(n2-c2ccccc2)CCC=C1. The van der Waals surface area contributed by atoms with E-state index in [0.29, 0.717) is 0 Å². The molecule has 0 saturated carbocycles. The summed E-state index contributed by atoms with van der Waals surface area (Å²) < 4.78 is 2.42. The van der Waals surface area contributed by atoms with E-state index in [-0.39, 0.29) is 0 Å². The van der Waals surface area contributed by atoms with Crippen molar-refractivity contribution in [2.75, 3.05) is 0 Å². The van der Waals surface area contributed by atoms with E-state index in [1.165, 1.54) is 33.4 Å². The van der Waals surface area contributed by atoms with Gasteiger partial charge in [0.25, 0.3) is 0 Å². The predicted octanol–water partition coefficient (Wildman–Crippen LogP) is 4.90. The first-order valence-corrected chi connectivity index (χ1v) is 7.20. The highest BCUT2D eigenvalue weighted by Crippen LogP contribution is 2.34. The molecular formula is C19H17N. The lowest BCUT2D eigenvalue weighted by Gasteiger charge is -2.13. The molecule has 3 aromatic rings. The molecule has 0 saturated heterocycles. The molecular weight excluding hydrogens is 242 g/mol. The van der Waals surface area contributed by atoms with Crippen LogP contribution in [-0.2, 0) is 6.42 Å². The van der Waals surface area contributed by atoms with Crippen LogP contribution >= 0.6 is 0 Å². The van der Waals surface area contributed by atoms with Crippen molar-refractivity contribution in [2.24, 2.45) is 0 Å². The molecule has 1 heterocycles. The monoisotopic (exact) mass is 259 g/mol. The van der Waals surface area contributed by atoms with Gasteiger partial charge in [0, 0.05) is 22.3 Å². The molecule has 4 rings (SSSR count). The molecule has 0 N–H and O–H groups in total. The van der Waals surface area contributed by atoms with Crippen molar-refractivity contribution >= 4 is 17.0 Å². The van der Waals surface area contributed by atoms with E-state index in [1.54, 1.807) is 0 Å². The van der Waals surface area contributed by atoms with Crippen molar-refractivity contribution in [3.8, 4) is 5.69 Å². The highest BCUT2D eigenvalue weighted by atomic mass is 15.0. The van der Waals surface area contributed by atoms with Gasteiger partial charge in [0.2, 0.25) is 0 Å². The van der Waals surface area contributed by atoms with E-state index < -0.39 is 0 Å². The molecule has 20 heavy (non-hydrogen) atoms. The smallest absolute Gasteiger partial charge is 0.0537 e. The molecule has 2 aromatic carbocycles. The predicted molar refractivity (Wildman–Crippen MR) is 85.4 cm³/mol. The van der Waals surface area contributed by atoms with Crippen LogP contribution < -0.4 is 0 Å². The third kappa shape index (κ3) is 1.63. The number of nitrogens with zero attached hydrogens (tertiary/aromatic N) is 1. The highest BCUT2D eigenvalue weighted by molar-refractivity contribution is 5.93. The lowest BCUT2D eigenvalue weighted by atomic mass is 10.0. The molecule has 0 radical (unpaired) electrons. The third-order valence-electron chi connectivity index (χ3n) is 4.11. The van der Waals surface area contributed by atoms with Gasteiger partial charge in [-0.3, -0.25) is 0 Å². The fourth-order valence-corrected chi connectivity index (χ4v) is 3.21. The molecule has 0 fully saturated rings. The summed E-state index contributed by atoms with van der Waals surface area (Å²) in [6.07, 6.45) is 6.84. The minimum absolute atomic E-state index is 1.12. The maximum Gasteiger partial charge on any atom is 0.0537 e. The Morgan fingerprint density at radius 2 is 1.85 bits per heavy atom. The summed E-state index contributed by atoms with van der Waals surface area (Å²) in [5.74, 6) is 0. The third-order valence-corrected chi connectivity index (χ3v) is 4.11. The molecule has 1 aliphatic rings. The largest absolute Gasteiger partial charge is 0.313 e. The van der Waals surface area contributed by atoms with Crippen molar-refractivity contribution < 1.29 is 0 Å². The van der Waals surface area contributed by atoms with Crippen LogP contribution in [-0.4, -0.2) is 4.57 Å². The number of aromatic nitrogens is 1. The fourth-order valence-electron chi connectivity index (χ4n) is 3.21. The standard InChI is InChI=1S/C19H17N/c1-14-11-12-19-17(13-14)16-9-5-6-10-18(16)20(19)15-7-3-2-4-8-15/h2-5,7-9,11-13H,6,10H2,1H3. The number of rotatable bonds is 1. The summed E-state index contributed by atoms with van der Waals surface area (Å²) in [5.41, 5.74) is 6.75. The molecule has 1 nitrogen and oxygen atoms in total. The van der Waals surface area contributed by atoms with Crippen LogP contribution in [0.3, 0.4) is 0 Å². The van der Waals surface area contributed by atoms with E-state index in [1.807, 2.05) is 0 Å². The van der Waals surface area contributed by atoms with Gasteiger partial charge in [0.05, 0.1) is 5.52 Å². The van der Waals surface area contributed by atoms with Crippen molar-refractivity contribution in [2.45, 2.75) is 19.8 Å². The molecule has 0 aliphatic heterocycles. The topological polar surface area (TPSA) is 4.93 Å². The van der Waals surface area contributed by atoms with Crippen LogP contribution in [0.1, 0.15) is 23.2 Å². The summed E-state index contributed by atoms with van der Waals surface area (Å²) in [6, 6.07) is 17.5. The fraction of sp³-hybridized carbons (Fsp3) is 0.158. The number of hydrogen-bond donors (Lipinski definition) is 0. The van der Waals surface area contributed by atoms with Gasteiger partial charge >= 0.3 is 0 Å². The molecule has 1 heteroatoms. The second-order valence-corrected chi connectivity index (χ2v) is 5.49. The maximum absolute atomic E-state index is 2.42. The Balaban J connectivity index is 2.13. The number of aryl methyl sites for hydroxylation is 1. The van der Waals surface area contributed by atoms with Crippen LogP contribution in [0, 0.1) is 6.92 Å². The molecule has 98 valence electrons. The quantitative estimate of drug-likeness (QED) is 0.586. The van der Waals surface area contributed by atoms with E-state index in [9.17, 15) is 0 Å². The van der Waals surface area contributed by atoms with Crippen molar-refractivity contribution in [3.05, 3.63) is 71.4 Å². The lowest BCUT2D eigenvalue weighted by molar-refractivity contribution is 0.888. The number of hydrogen-bond acceptors (Lipinski definition) is 0. The van der Waals surface area contributed by atoms with Gasteiger partial charge in [-0.1, -0.05) is 42.0 Å². The molecule has 1 aliphatic carbocycles. The van der Waals surface area contributed by atoms with Crippen LogP contribution in [0.2, 0.25) is 0 Å². The average Bonchev–Trinajstić information content (AvgIpc) is 2.82. The van der Waals surface area contributed by atoms with Gasteiger partial charge in [-0.2, -0.15) is 0 Å². The summed E-state index contributed by atoms with van der Waals surface area (Å²) in [4.78, 5) is 0. The minimum atomic E-state index is 1.12. The van der Waals surface area contributed by atoms with Crippen LogP contribution in [0.15, 0.2) is 54.6 Å². The number of benzene rings is 2. The van der Waals surface area contributed by atoms with E-state index >= 15 is 0 Å². The van der Waals surface area contributed by atoms with Gasteiger partial charge < -0.3 is 4.57 Å². The first kappa shape index (κ1) is 11.5. The van der Waals surface area contributed by atoms with Crippen LogP contribution in [0.5, 0.6) is 0 Å². The summed E-state index contributed by atoms with van der Waals surface area (Å²) in [5, 5.41) is 1.37. The number of allylic oxidation sites excluding steroid dienone is 1. The molecule has 1 aromatic heterocycles. The molecule has 0 atom stereocenters. The summed E-state index contributed by atoms with van der Waals surface area (Å²) in [7, 11) is 0. The van der Waals surface area contributed by atoms with Gasteiger partial charge in [-0.05, 0) is 44.0 Å². The zero-order valence-corrected chi connectivity index (χ0v) is 11.6. The number of fused-ring (bicyclic) bond motifs is 3. The average molecular weight is 259 g/mol. The van der Waals surface area contributed by atoms with Gasteiger partial charge in [0.15, 0.2) is 0 Å². The Morgan fingerprint density at radius 1 is 1.00 bits per heavy atom. The lowest BCUT2D eigenvalue weighted by Crippen LogP contribution is -2.02. The Morgan fingerprint density at radius 3 is 2.70 bits per heavy atom. The van der Waals surface area contributed by atoms with Gasteiger partial charge in [-0.25, -0.2) is 0 Å². The van der Waals surface area contributed by atoms with E-state index in [4.69, 9.17) is 0 Å². The number of para-hydroxylation sites is 1. The second-order valence-electron chi connectivity index (χ2n) is 5.49. The Kier molecular flexibility index (Phi) is 2.53. The van der Waals surface area contributed by atoms with E-state index in [2.05, 4.69) is 72.2 Å². The molecule has 0 bridgehead atoms. The second kappa shape index (κ2) is 4.38. The Labute approximate surface area is 119 Å². The summed E-state index contributed by atoms with van der Waals surface area (Å²) >= 11 is 0. The van der Waals surface area contributed by atoms with Crippen molar-refractivity contribution in [1.82, 2.24) is 4.57 Å². The molecule has 0 spiro atoms. The van der Waals surface area contributed by atoms with Crippen LogP contribution in [0.4, 0.5) is 0 Å². The van der Waals surface area contributed by atoms with Crippen LogP contribution in [0.25, 0.3) is 22.7 Å². The minimum Gasteiger partial charge on any atom is -0.313 e. The highest BCUT2D eigenvalue weighted by Gasteiger charge is 2.17. The first-order valence-electron chi connectivity index (χ1n) is 7.20. The summed E-state index contributed by atoms with van der Waals surface area (Å²) in [6.45, 7) is 2.16. The van der Waals surface area contributed by atoms with Crippen molar-refractivity contribution in [3.63, 3.8) is 0 Å². The zero-order valence-electron chi connectivity index (χ0n) is 11.6. The molecule has 0 amide bonds. The Hall–Kier alpha value is -2.28. The van der Waals surface area contributed by atoms with Gasteiger partial charge in [0.1, 0.15) is 0 Å². The van der Waals surface area contributed by atoms with Gasteiger partial charge in [-0.15, -0.1) is 0 Å². The van der Waals surface area contributed by atoms with Crippen molar-refractivity contribution in [1.29, 1.82) is 0 Å². The van der Waals surface area contributed by atoms with E-state index in [0.717, 1.165) is 12.8 Å². The first-order chi connectivity index (χ1) is 9.84. The Bertz CT molecular complexity index is 807.